The summed E-state index contributed by atoms with van der Waals surface area (Å²) in [5.41, 5.74) is 5.76. The summed E-state index contributed by atoms with van der Waals surface area (Å²) in [6, 6.07) is 0. The van der Waals surface area contributed by atoms with Crippen molar-refractivity contribution in [2.45, 2.75) is 13.3 Å². The standard InChI is InChI=1S/C6H10FN/c1-3-6(8)4-5(2)7/h4H,2-3,8H2,1H3/b6-4+. The number of nitrogens with two attached hydrogens (primary N) is 1. The van der Waals surface area contributed by atoms with Crippen molar-refractivity contribution in [1.82, 2.24) is 0 Å². The lowest BCUT2D eigenvalue weighted by Gasteiger charge is -1.90. The van der Waals surface area contributed by atoms with E-state index in [9.17, 15) is 4.39 Å². The molecule has 0 aliphatic carbocycles. The molecule has 0 bridgehead atoms. The molecule has 8 heavy (non-hydrogen) atoms. The van der Waals surface area contributed by atoms with Gasteiger partial charge in [-0.25, -0.2) is 4.39 Å². The molecule has 0 radical (unpaired) electrons. The van der Waals surface area contributed by atoms with Gasteiger partial charge in [0, 0.05) is 5.70 Å². The van der Waals surface area contributed by atoms with Crippen LogP contribution in [0.25, 0.3) is 0 Å². The monoisotopic (exact) mass is 115 g/mol. The predicted molar refractivity (Wildman–Crippen MR) is 32.8 cm³/mol. The number of rotatable bonds is 2. The lowest BCUT2D eigenvalue weighted by Crippen LogP contribution is -1.93. The highest BCUT2D eigenvalue weighted by molar-refractivity contribution is 5.11. The molecular weight excluding hydrogens is 105 g/mol. The molecule has 0 saturated carbocycles. The van der Waals surface area contributed by atoms with Crippen molar-refractivity contribution in [2.24, 2.45) is 5.73 Å². The van der Waals surface area contributed by atoms with Crippen LogP contribution in [0.5, 0.6) is 0 Å². The summed E-state index contributed by atoms with van der Waals surface area (Å²) in [4.78, 5) is 0. The smallest absolute Gasteiger partial charge is 0.117 e. The van der Waals surface area contributed by atoms with E-state index in [-0.39, 0.29) is 0 Å². The zero-order chi connectivity index (χ0) is 6.57. The van der Waals surface area contributed by atoms with Crippen LogP contribution in [0.4, 0.5) is 4.39 Å². The van der Waals surface area contributed by atoms with Gasteiger partial charge in [0.2, 0.25) is 0 Å². The van der Waals surface area contributed by atoms with Gasteiger partial charge >= 0.3 is 0 Å². The zero-order valence-electron chi connectivity index (χ0n) is 4.95. The Labute approximate surface area is 48.7 Å². The van der Waals surface area contributed by atoms with Crippen LogP contribution >= 0.6 is 0 Å². The lowest BCUT2D eigenvalue weighted by atomic mass is 10.3. The molecule has 2 N–H and O–H groups in total. The fraction of sp³-hybridized carbons (Fsp3) is 0.333. The molecule has 0 heterocycles. The van der Waals surface area contributed by atoms with Gasteiger partial charge in [-0.15, -0.1) is 0 Å². The molecule has 0 aromatic carbocycles. The summed E-state index contributed by atoms with van der Waals surface area (Å²) in [5, 5.41) is 0. The summed E-state index contributed by atoms with van der Waals surface area (Å²) in [6.45, 7) is 4.88. The van der Waals surface area contributed by atoms with Crippen LogP contribution in [0.1, 0.15) is 13.3 Å². The van der Waals surface area contributed by atoms with Gasteiger partial charge in [0.15, 0.2) is 0 Å². The Morgan fingerprint density at radius 1 is 1.88 bits per heavy atom. The molecule has 0 atom stereocenters. The van der Waals surface area contributed by atoms with Gasteiger partial charge < -0.3 is 5.73 Å². The molecule has 0 aromatic heterocycles. The Kier molecular flexibility index (Phi) is 2.92. The molecule has 2 heteroatoms. The lowest BCUT2D eigenvalue weighted by molar-refractivity contribution is 0.668. The maximum Gasteiger partial charge on any atom is 0.117 e. The third kappa shape index (κ3) is 3.40. The van der Waals surface area contributed by atoms with E-state index >= 15 is 0 Å². The van der Waals surface area contributed by atoms with E-state index in [1.165, 1.54) is 6.08 Å². The van der Waals surface area contributed by atoms with Crippen molar-refractivity contribution >= 4 is 0 Å². The zero-order valence-corrected chi connectivity index (χ0v) is 4.95. The van der Waals surface area contributed by atoms with Crippen molar-refractivity contribution in [1.29, 1.82) is 0 Å². The van der Waals surface area contributed by atoms with Crippen molar-refractivity contribution in [3.8, 4) is 0 Å². The van der Waals surface area contributed by atoms with Crippen molar-refractivity contribution in [3.63, 3.8) is 0 Å². The Balaban J connectivity index is 3.75. The highest BCUT2D eigenvalue weighted by Gasteiger charge is 1.84. The topological polar surface area (TPSA) is 26.0 Å². The van der Waals surface area contributed by atoms with E-state index < -0.39 is 5.83 Å². The highest BCUT2D eigenvalue weighted by atomic mass is 19.1. The van der Waals surface area contributed by atoms with Crippen LogP contribution in [0.15, 0.2) is 24.2 Å². The first-order valence-corrected chi connectivity index (χ1v) is 2.47. The molecule has 46 valence electrons. The Morgan fingerprint density at radius 2 is 2.38 bits per heavy atom. The molecule has 0 saturated heterocycles. The van der Waals surface area contributed by atoms with Crippen LogP contribution < -0.4 is 5.73 Å². The minimum atomic E-state index is -0.482. The maximum atomic E-state index is 11.8. The van der Waals surface area contributed by atoms with Gasteiger partial charge in [-0.05, 0) is 12.5 Å². The molecule has 0 spiro atoms. The van der Waals surface area contributed by atoms with E-state index in [1.807, 2.05) is 6.92 Å². The average Bonchev–Trinajstić information content (AvgIpc) is 1.65. The van der Waals surface area contributed by atoms with Gasteiger partial charge in [-0.1, -0.05) is 13.5 Å². The number of allylic oxidation sites excluding steroid dienone is 3. The minimum Gasteiger partial charge on any atom is -0.402 e. The second-order valence-electron chi connectivity index (χ2n) is 1.52. The fourth-order valence-corrected chi connectivity index (χ4v) is 0.303. The first-order chi connectivity index (χ1) is 3.66. The largest absolute Gasteiger partial charge is 0.402 e. The minimum absolute atomic E-state index is 0.482. The molecule has 0 unspecified atom stereocenters. The second kappa shape index (κ2) is 3.24. The quantitative estimate of drug-likeness (QED) is 0.545. The summed E-state index contributed by atoms with van der Waals surface area (Å²) < 4.78 is 11.8. The van der Waals surface area contributed by atoms with Crippen LogP contribution in [-0.2, 0) is 0 Å². The van der Waals surface area contributed by atoms with Gasteiger partial charge in [-0.2, -0.15) is 0 Å². The second-order valence-corrected chi connectivity index (χ2v) is 1.52. The van der Waals surface area contributed by atoms with Gasteiger partial charge in [0.05, 0.1) is 0 Å². The van der Waals surface area contributed by atoms with Crippen LogP contribution in [0, 0.1) is 0 Å². The number of halogens is 1. The van der Waals surface area contributed by atoms with Crippen LogP contribution in [-0.4, -0.2) is 0 Å². The number of hydrogen-bond donors (Lipinski definition) is 1. The third-order valence-corrected chi connectivity index (χ3v) is 0.750. The summed E-state index contributed by atoms with van der Waals surface area (Å²) in [5.74, 6) is -0.482. The van der Waals surface area contributed by atoms with E-state index in [1.54, 1.807) is 0 Å². The Bertz CT molecular complexity index is 116. The highest BCUT2D eigenvalue weighted by Crippen LogP contribution is 1.98. The van der Waals surface area contributed by atoms with Crippen molar-refractivity contribution < 1.29 is 4.39 Å². The maximum absolute atomic E-state index is 11.8. The molecule has 0 fully saturated rings. The molecule has 0 aliphatic heterocycles. The molecule has 1 nitrogen and oxygen atoms in total. The molecule has 0 amide bonds. The fourth-order valence-electron chi connectivity index (χ4n) is 0.303. The van der Waals surface area contributed by atoms with Crippen LogP contribution in [0.3, 0.4) is 0 Å². The summed E-state index contributed by atoms with van der Waals surface area (Å²) in [7, 11) is 0. The molecule has 0 aromatic rings. The summed E-state index contributed by atoms with van der Waals surface area (Å²) in [6.07, 6.45) is 1.89. The normalized spacial score (nSPS) is 11.5. The van der Waals surface area contributed by atoms with Gasteiger partial charge in [0.1, 0.15) is 5.83 Å². The van der Waals surface area contributed by atoms with Crippen molar-refractivity contribution in [3.05, 3.63) is 24.2 Å². The Hall–Kier alpha value is -0.790. The van der Waals surface area contributed by atoms with E-state index in [2.05, 4.69) is 6.58 Å². The first kappa shape index (κ1) is 7.21. The predicted octanol–water partition coefficient (Wildman–Crippen LogP) is 1.72. The van der Waals surface area contributed by atoms with Gasteiger partial charge in [0.25, 0.3) is 0 Å². The molecule has 0 rings (SSSR count). The van der Waals surface area contributed by atoms with Gasteiger partial charge in [-0.3, -0.25) is 0 Å². The molecule has 0 aliphatic rings. The Morgan fingerprint density at radius 3 is 2.50 bits per heavy atom. The summed E-state index contributed by atoms with van der Waals surface area (Å²) >= 11 is 0. The SMILES string of the molecule is C=C(F)/C=C(/N)CC. The first-order valence-electron chi connectivity index (χ1n) is 2.47. The van der Waals surface area contributed by atoms with E-state index in [0.29, 0.717) is 12.1 Å². The molecular formula is C6H10FN. The third-order valence-electron chi connectivity index (χ3n) is 0.750. The van der Waals surface area contributed by atoms with E-state index in [0.717, 1.165) is 0 Å². The van der Waals surface area contributed by atoms with E-state index in [4.69, 9.17) is 5.73 Å². The number of hydrogen-bond acceptors (Lipinski definition) is 1. The van der Waals surface area contributed by atoms with Crippen LogP contribution in [0.2, 0.25) is 0 Å². The average molecular weight is 115 g/mol. The van der Waals surface area contributed by atoms with Crippen molar-refractivity contribution in [2.75, 3.05) is 0 Å².